The second-order valence-corrected chi connectivity index (χ2v) is 4.19. The van der Waals surface area contributed by atoms with Crippen LogP contribution in [0.25, 0.3) is 0 Å². The molecule has 0 N–H and O–H groups in total. The minimum atomic E-state index is -0.0577. The van der Waals surface area contributed by atoms with Crippen molar-refractivity contribution in [2.24, 2.45) is 0 Å². The van der Waals surface area contributed by atoms with Gasteiger partial charge in [-0.05, 0) is 18.6 Å². The summed E-state index contributed by atoms with van der Waals surface area (Å²) >= 11 is 1.80. The third-order valence-electron chi connectivity index (χ3n) is 1.67. The lowest BCUT2D eigenvalue weighted by Crippen LogP contribution is -2.05. The molecular formula is C11H20O2S. The van der Waals surface area contributed by atoms with Crippen LogP contribution in [0.15, 0.2) is 12.7 Å². The van der Waals surface area contributed by atoms with Crippen LogP contribution in [0.3, 0.4) is 0 Å². The van der Waals surface area contributed by atoms with Crippen molar-refractivity contribution in [3.8, 4) is 0 Å². The van der Waals surface area contributed by atoms with Crippen molar-refractivity contribution in [1.82, 2.24) is 0 Å². The van der Waals surface area contributed by atoms with Crippen LogP contribution in [-0.2, 0) is 9.53 Å². The van der Waals surface area contributed by atoms with E-state index in [0.717, 1.165) is 30.8 Å². The lowest BCUT2D eigenvalue weighted by atomic mass is 10.3. The molecule has 0 heterocycles. The molecule has 0 aromatic heterocycles. The summed E-state index contributed by atoms with van der Waals surface area (Å²) in [6.07, 6.45) is 5.38. The first kappa shape index (κ1) is 13.6. The summed E-state index contributed by atoms with van der Waals surface area (Å²) in [4.78, 5) is 11.1. The number of carbonyl (C=O) groups excluding carboxylic acids is 1. The van der Waals surface area contributed by atoms with E-state index in [0.29, 0.717) is 13.0 Å². The van der Waals surface area contributed by atoms with Gasteiger partial charge in [-0.15, -0.1) is 6.58 Å². The number of carbonyl (C=O) groups is 1. The van der Waals surface area contributed by atoms with Gasteiger partial charge in [0.1, 0.15) is 0 Å². The molecule has 0 atom stereocenters. The summed E-state index contributed by atoms with van der Waals surface area (Å²) in [6, 6.07) is 0. The van der Waals surface area contributed by atoms with Crippen LogP contribution in [0, 0.1) is 0 Å². The molecule has 82 valence electrons. The number of rotatable bonds is 9. The lowest BCUT2D eigenvalue weighted by Gasteiger charge is -2.02. The van der Waals surface area contributed by atoms with Gasteiger partial charge in [0, 0.05) is 12.2 Å². The van der Waals surface area contributed by atoms with Crippen LogP contribution in [0.5, 0.6) is 0 Å². The first-order valence-electron chi connectivity index (χ1n) is 5.15. The summed E-state index contributed by atoms with van der Waals surface area (Å²) < 4.78 is 5.02. The first-order valence-corrected chi connectivity index (χ1v) is 6.31. The van der Waals surface area contributed by atoms with E-state index >= 15 is 0 Å². The molecule has 0 amide bonds. The average Bonchev–Trinajstić information content (AvgIpc) is 2.18. The van der Waals surface area contributed by atoms with Gasteiger partial charge in [-0.25, -0.2) is 0 Å². The Hall–Kier alpha value is -0.440. The number of unbranched alkanes of at least 4 members (excludes halogenated alkanes) is 1. The summed E-state index contributed by atoms with van der Waals surface area (Å²) in [5, 5.41) is 0. The molecule has 0 bridgehead atoms. The van der Waals surface area contributed by atoms with Crippen molar-refractivity contribution in [3.05, 3.63) is 12.7 Å². The molecule has 0 aromatic rings. The van der Waals surface area contributed by atoms with E-state index in [-0.39, 0.29) is 5.97 Å². The predicted octanol–water partition coefficient (Wildman–Crippen LogP) is 3.03. The van der Waals surface area contributed by atoms with Gasteiger partial charge in [-0.1, -0.05) is 19.4 Å². The molecule has 14 heavy (non-hydrogen) atoms. The van der Waals surface area contributed by atoms with Crippen molar-refractivity contribution >= 4 is 17.7 Å². The Morgan fingerprint density at radius 1 is 1.50 bits per heavy atom. The standard InChI is InChI=1S/C11H20O2S/c1-3-5-8-13-11(12)7-6-10-14-9-4-2/h4H,2-3,5-10H2,1H3. The fourth-order valence-electron chi connectivity index (χ4n) is 0.888. The first-order chi connectivity index (χ1) is 6.81. The number of thioether (sulfide) groups is 1. The second kappa shape index (κ2) is 10.6. The maximum Gasteiger partial charge on any atom is 0.305 e. The summed E-state index contributed by atoms with van der Waals surface area (Å²) in [5.74, 6) is 1.91. The van der Waals surface area contributed by atoms with Gasteiger partial charge < -0.3 is 4.74 Å². The molecule has 0 saturated heterocycles. The Labute approximate surface area is 91.1 Å². The number of hydrogen-bond acceptors (Lipinski definition) is 3. The minimum absolute atomic E-state index is 0.0577. The molecule has 2 nitrogen and oxygen atoms in total. The number of hydrogen-bond donors (Lipinski definition) is 0. The molecule has 0 aromatic carbocycles. The highest BCUT2D eigenvalue weighted by Crippen LogP contribution is 2.05. The molecule has 0 fully saturated rings. The summed E-state index contributed by atoms with van der Waals surface area (Å²) in [5.41, 5.74) is 0. The van der Waals surface area contributed by atoms with Gasteiger partial charge in [0.25, 0.3) is 0 Å². The van der Waals surface area contributed by atoms with E-state index < -0.39 is 0 Å². The van der Waals surface area contributed by atoms with E-state index in [1.807, 2.05) is 6.08 Å². The monoisotopic (exact) mass is 216 g/mol. The maximum atomic E-state index is 11.1. The molecule has 0 rings (SSSR count). The highest BCUT2D eigenvalue weighted by molar-refractivity contribution is 7.99. The summed E-state index contributed by atoms with van der Waals surface area (Å²) in [7, 11) is 0. The van der Waals surface area contributed by atoms with Crippen LogP contribution in [0.2, 0.25) is 0 Å². The lowest BCUT2D eigenvalue weighted by molar-refractivity contribution is -0.143. The Morgan fingerprint density at radius 2 is 2.29 bits per heavy atom. The van der Waals surface area contributed by atoms with Crippen LogP contribution >= 0.6 is 11.8 Å². The van der Waals surface area contributed by atoms with Gasteiger partial charge in [0.2, 0.25) is 0 Å². The SMILES string of the molecule is C=CCSCCCC(=O)OCCCC. The fourth-order valence-corrected chi connectivity index (χ4v) is 1.57. The van der Waals surface area contributed by atoms with Gasteiger partial charge in [-0.3, -0.25) is 4.79 Å². The van der Waals surface area contributed by atoms with Gasteiger partial charge in [-0.2, -0.15) is 11.8 Å². The van der Waals surface area contributed by atoms with Crippen molar-refractivity contribution in [2.75, 3.05) is 18.1 Å². The van der Waals surface area contributed by atoms with Crippen molar-refractivity contribution in [3.63, 3.8) is 0 Å². The third-order valence-corrected chi connectivity index (χ3v) is 2.71. The Bertz CT molecular complexity index is 157. The van der Waals surface area contributed by atoms with E-state index in [1.54, 1.807) is 11.8 Å². The van der Waals surface area contributed by atoms with Crippen LogP contribution < -0.4 is 0 Å². The number of esters is 1. The van der Waals surface area contributed by atoms with Gasteiger partial charge in [0.15, 0.2) is 0 Å². The van der Waals surface area contributed by atoms with E-state index in [2.05, 4.69) is 13.5 Å². The van der Waals surface area contributed by atoms with Crippen molar-refractivity contribution in [2.45, 2.75) is 32.6 Å². The Balaban J connectivity index is 3.14. The number of ether oxygens (including phenoxy) is 1. The molecule has 0 spiro atoms. The van der Waals surface area contributed by atoms with Crippen LogP contribution in [-0.4, -0.2) is 24.1 Å². The van der Waals surface area contributed by atoms with Gasteiger partial charge in [0.05, 0.1) is 6.61 Å². The van der Waals surface area contributed by atoms with E-state index in [9.17, 15) is 4.79 Å². The molecule has 0 aliphatic carbocycles. The molecule has 3 heteroatoms. The summed E-state index contributed by atoms with van der Waals surface area (Å²) in [6.45, 7) is 6.29. The second-order valence-electron chi connectivity index (χ2n) is 3.04. The zero-order valence-corrected chi connectivity index (χ0v) is 9.78. The highest BCUT2D eigenvalue weighted by Gasteiger charge is 2.01. The van der Waals surface area contributed by atoms with E-state index in [4.69, 9.17) is 4.74 Å². The van der Waals surface area contributed by atoms with Crippen molar-refractivity contribution in [1.29, 1.82) is 0 Å². The van der Waals surface area contributed by atoms with Crippen LogP contribution in [0.1, 0.15) is 32.6 Å². The Kier molecular flexibility index (Phi) is 10.3. The molecule has 0 aliphatic rings. The average molecular weight is 216 g/mol. The fraction of sp³-hybridized carbons (Fsp3) is 0.727. The zero-order chi connectivity index (χ0) is 10.6. The Morgan fingerprint density at radius 3 is 2.93 bits per heavy atom. The molecular weight excluding hydrogens is 196 g/mol. The third kappa shape index (κ3) is 9.65. The maximum absolute atomic E-state index is 11.1. The van der Waals surface area contributed by atoms with Gasteiger partial charge >= 0.3 is 5.97 Å². The normalized spacial score (nSPS) is 9.79. The smallest absolute Gasteiger partial charge is 0.305 e. The highest BCUT2D eigenvalue weighted by atomic mass is 32.2. The minimum Gasteiger partial charge on any atom is -0.466 e. The van der Waals surface area contributed by atoms with Crippen LogP contribution in [0.4, 0.5) is 0 Å². The quantitative estimate of drug-likeness (QED) is 0.337. The molecule has 0 aliphatic heterocycles. The topological polar surface area (TPSA) is 26.3 Å². The molecule has 0 saturated carbocycles. The largest absolute Gasteiger partial charge is 0.466 e. The zero-order valence-electron chi connectivity index (χ0n) is 8.96. The van der Waals surface area contributed by atoms with Crippen molar-refractivity contribution < 1.29 is 9.53 Å². The molecule has 0 radical (unpaired) electrons. The molecule has 0 unspecified atom stereocenters. The predicted molar refractivity (Wildman–Crippen MR) is 62.6 cm³/mol. The van der Waals surface area contributed by atoms with E-state index in [1.165, 1.54) is 0 Å².